The van der Waals surface area contributed by atoms with E-state index in [-0.39, 0.29) is 5.02 Å². The zero-order chi connectivity index (χ0) is 17.0. The van der Waals surface area contributed by atoms with Gasteiger partial charge in [-0.05, 0) is 57.3 Å². The summed E-state index contributed by atoms with van der Waals surface area (Å²) in [5.41, 5.74) is 6.48. The molecule has 0 amide bonds. The van der Waals surface area contributed by atoms with Crippen molar-refractivity contribution in [3.8, 4) is 5.69 Å². The van der Waals surface area contributed by atoms with Gasteiger partial charge < -0.3 is 9.88 Å². The first-order valence-corrected chi connectivity index (χ1v) is 7.94. The molecule has 2 rings (SSSR count). The van der Waals surface area contributed by atoms with Crippen LogP contribution in [0.2, 0.25) is 5.02 Å². The van der Waals surface area contributed by atoms with Crippen LogP contribution in [-0.4, -0.2) is 22.4 Å². The Hall–Kier alpha value is -1.92. The molecule has 0 bridgehead atoms. The van der Waals surface area contributed by atoms with Crippen LogP contribution in [-0.2, 0) is 0 Å². The molecule has 2 N–H and O–H groups in total. The lowest BCUT2D eigenvalue weighted by atomic mass is 10.2. The van der Waals surface area contributed by atoms with Gasteiger partial charge in [0.15, 0.2) is 5.11 Å². The van der Waals surface area contributed by atoms with Crippen molar-refractivity contribution in [3.05, 3.63) is 52.1 Å². The highest BCUT2D eigenvalue weighted by molar-refractivity contribution is 7.80. The zero-order valence-electron chi connectivity index (χ0n) is 13.2. The fourth-order valence-electron chi connectivity index (χ4n) is 2.30. The van der Waals surface area contributed by atoms with Gasteiger partial charge in [0.25, 0.3) is 0 Å². The molecular weight excluding hydrogens is 335 g/mol. The summed E-state index contributed by atoms with van der Waals surface area (Å²) in [4.78, 5) is 0. The monoisotopic (exact) mass is 352 g/mol. The Morgan fingerprint density at radius 1 is 1.39 bits per heavy atom. The summed E-state index contributed by atoms with van der Waals surface area (Å²) in [6, 6.07) is 6.66. The maximum absolute atomic E-state index is 13.3. The maximum atomic E-state index is 13.3. The van der Waals surface area contributed by atoms with Crippen LogP contribution in [0.15, 0.2) is 29.4 Å². The van der Waals surface area contributed by atoms with Gasteiger partial charge in [0.05, 0.1) is 11.2 Å². The second-order valence-corrected chi connectivity index (χ2v) is 5.81. The summed E-state index contributed by atoms with van der Waals surface area (Å²) >= 11 is 10.9. The number of thiocarbonyl (C=S) groups is 1. The van der Waals surface area contributed by atoms with Gasteiger partial charge in [-0.15, -0.1) is 0 Å². The topological polar surface area (TPSA) is 41.4 Å². The number of rotatable bonds is 4. The number of nitrogens with one attached hydrogen (secondary N) is 2. The third kappa shape index (κ3) is 4.09. The van der Waals surface area contributed by atoms with Gasteiger partial charge in [0.1, 0.15) is 5.82 Å². The van der Waals surface area contributed by atoms with Crippen molar-refractivity contribution in [2.45, 2.75) is 20.8 Å². The van der Waals surface area contributed by atoms with Crippen molar-refractivity contribution in [3.63, 3.8) is 0 Å². The molecule has 1 aromatic carbocycles. The van der Waals surface area contributed by atoms with Crippen LogP contribution < -0.4 is 10.7 Å². The number of hydrazone groups is 1. The molecule has 0 spiro atoms. The molecule has 23 heavy (non-hydrogen) atoms. The molecule has 0 radical (unpaired) electrons. The van der Waals surface area contributed by atoms with Crippen LogP contribution in [0.1, 0.15) is 23.9 Å². The lowest BCUT2D eigenvalue weighted by Gasteiger charge is -2.10. The second kappa shape index (κ2) is 7.57. The number of nitrogens with zero attached hydrogens (tertiary/aromatic N) is 2. The quantitative estimate of drug-likeness (QED) is 0.501. The van der Waals surface area contributed by atoms with E-state index >= 15 is 0 Å². The predicted molar refractivity (Wildman–Crippen MR) is 97.2 cm³/mol. The van der Waals surface area contributed by atoms with Crippen LogP contribution in [0.5, 0.6) is 0 Å². The summed E-state index contributed by atoms with van der Waals surface area (Å²) in [6.07, 6.45) is 1.70. The Bertz CT molecular complexity index is 755. The van der Waals surface area contributed by atoms with Gasteiger partial charge in [0, 0.05) is 29.2 Å². The number of hydrogen-bond donors (Lipinski definition) is 2. The number of halogens is 2. The van der Waals surface area contributed by atoms with E-state index in [0.29, 0.717) is 5.11 Å². The minimum atomic E-state index is -0.430. The molecule has 0 aliphatic carbocycles. The zero-order valence-corrected chi connectivity index (χ0v) is 14.7. The fourth-order valence-corrected chi connectivity index (χ4v) is 2.67. The van der Waals surface area contributed by atoms with Gasteiger partial charge in [-0.3, -0.25) is 5.43 Å². The lowest BCUT2D eigenvalue weighted by Crippen LogP contribution is -2.31. The first kappa shape index (κ1) is 17.4. The summed E-state index contributed by atoms with van der Waals surface area (Å²) < 4.78 is 15.3. The van der Waals surface area contributed by atoms with Crippen LogP contribution in [0.25, 0.3) is 5.69 Å². The van der Waals surface area contributed by atoms with E-state index in [0.717, 1.165) is 29.2 Å². The van der Waals surface area contributed by atoms with Gasteiger partial charge >= 0.3 is 0 Å². The molecule has 0 saturated heterocycles. The number of aromatic nitrogens is 1. The van der Waals surface area contributed by atoms with E-state index in [2.05, 4.69) is 15.8 Å². The molecule has 0 fully saturated rings. The molecule has 7 heteroatoms. The van der Waals surface area contributed by atoms with E-state index in [1.54, 1.807) is 18.3 Å². The number of hydrogen-bond acceptors (Lipinski definition) is 2. The number of aryl methyl sites for hydroxylation is 1. The average Bonchev–Trinajstić information content (AvgIpc) is 2.77. The van der Waals surface area contributed by atoms with Crippen LogP contribution in [0.4, 0.5) is 4.39 Å². The number of benzene rings is 1. The summed E-state index contributed by atoms with van der Waals surface area (Å²) in [5, 5.41) is 7.65. The molecule has 4 nitrogen and oxygen atoms in total. The van der Waals surface area contributed by atoms with Crippen molar-refractivity contribution < 1.29 is 4.39 Å². The van der Waals surface area contributed by atoms with Gasteiger partial charge in [0.2, 0.25) is 0 Å². The van der Waals surface area contributed by atoms with Crippen molar-refractivity contribution in [2.24, 2.45) is 5.10 Å². The Morgan fingerprint density at radius 3 is 2.78 bits per heavy atom. The molecule has 0 atom stereocenters. The second-order valence-electron chi connectivity index (χ2n) is 4.99. The fraction of sp³-hybridized carbons (Fsp3) is 0.250. The van der Waals surface area contributed by atoms with Crippen molar-refractivity contribution in [1.29, 1.82) is 0 Å². The minimum Gasteiger partial charge on any atom is -0.362 e. The van der Waals surface area contributed by atoms with E-state index in [9.17, 15) is 4.39 Å². The first-order chi connectivity index (χ1) is 10.9. The molecule has 1 aromatic heterocycles. The lowest BCUT2D eigenvalue weighted by molar-refractivity contribution is 0.627. The molecule has 0 aliphatic rings. The molecular formula is C16H18ClFN4S. The Morgan fingerprint density at radius 2 is 2.13 bits per heavy atom. The van der Waals surface area contributed by atoms with E-state index < -0.39 is 5.82 Å². The Kier molecular flexibility index (Phi) is 5.74. The van der Waals surface area contributed by atoms with Crippen LogP contribution in [0.3, 0.4) is 0 Å². The minimum absolute atomic E-state index is 0.0999. The average molecular weight is 353 g/mol. The smallest absolute Gasteiger partial charge is 0.186 e. The van der Waals surface area contributed by atoms with E-state index in [4.69, 9.17) is 23.8 Å². The molecule has 2 aromatic rings. The van der Waals surface area contributed by atoms with E-state index in [1.807, 2.05) is 31.4 Å². The van der Waals surface area contributed by atoms with Crippen molar-refractivity contribution >= 4 is 35.1 Å². The van der Waals surface area contributed by atoms with E-state index in [1.165, 1.54) is 6.07 Å². The Balaban J connectivity index is 2.27. The Labute approximate surface area is 145 Å². The summed E-state index contributed by atoms with van der Waals surface area (Å²) in [7, 11) is 0. The predicted octanol–water partition coefficient (Wildman–Crippen LogP) is 3.70. The molecule has 0 aliphatic heterocycles. The third-order valence-corrected chi connectivity index (χ3v) is 3.86. The molecule has 0 saturated carbocycles. The highest BCUT2D eigenvalue weighted by atomic mass is 35.5. The normalized spacial score (nSPS) is 11.0. The maximum Gasteiger partial charge on any atom is 0.186 e. The SMILES string of the molecule is CCNC(=S)NN=Cc1cc(C)n(-c2ccc(F)c(Cl)c2)c1C. The molecule has 122 valence electrons. The largest absolute Gasteiger partial charge is 0.362 e. The first-order valence-electron chi connectivity index (χ1n) is 7.15. The van der Waals surface area contributed by atoms with Gasteiger partial charge in [-0.1, -0.05) is 11.6 Å². The van der Waals surface area contributed by atoms with Crippen molar-refractivity contribution in [1.82, 2.24) is 15.3 Å². The standard InChI is InChI=1S/C16H18ClFN4S/c1-4-19-16(23)21-20-9-12-7-10(2)22(11(12)3)13-5-6-15(18)14(17)8-13/h5-9H,4H2,1-3H3,(H2,19,21,23). The highest BCUT2D eigenvalue weighted by Gasteiger charge is 2.11. The van der Waals surface area contributed by atoms with Gasteiger partial charge in [-0.2, -0.15) is 5.10 Å². The molecule has 1 heterocycles. The third-order valence-electron chi connectivity index (χ3n) is 3.34. The van der Waals surface area contributed by atoms with Gasteiger partial charge in [-0.25, -0.2) is 4.39 Å². The highest BCUT2D eigenvalue weighted by Crippen LogP contribution is 2.23. The van der Waals surface area contributed by atoms with Crippen LogP contribution in [0, 0.1) is 19.7 Å². The molecule has 0 unspecified atom stereocenters. The summed E-state index contributed by atoms with van der Waals surface area (Å²) in [6.45, 7) is 6.63. The summed E-state index contributed by atoms with van der Waals surface area (Å²) in [5.74, 6) is -0.430. The van der Waals surface area contributed by atoms with Crippen molar-refractivity contribution in [2.75, 3.05) is 6.54 Å². The van der Waals surface area contributed by atoms with Crippen LogP contribution >= 0.6 is 23.8 Å².